The topological polar surface area (TPSA) is 98.3 Å². The first kappa shape index (κ1) is 15.8. The van der Waals surface area contributed by atoms with Crippen molar-refractivity contribution < 1.29 is 9.72 Å². The molecule has 2 rings (SSSR count). The first-order valence-corrected chi connectivity index (χ1v) is 6.92. The van der Waals surface area contributed by atoms with Crippen LogP contribution in [0.15, 0.2) is 42.5 Å². The highest BCUT2D eigenvalue weighted by atomic mass is 35.5. The number of hydrogen-bond acceptors (Lipinski definition) is 4. The zero-order valence-corrected chi connectivity index (χ0v) is 12.3. The highest BCUT2D eigenvalue weighted by Crippen LogP contribution is 2.22. The Bertz CT molecular complexity index is 719. The van der Waals surface area contributed by atoms with Crippen LogP contribution in [-0.2, 0) is 6.42 Å². The molecule has 2 aromatic carbocycles. The fourth-order valence-corrected chi connectivity index (χ4v) is 2.17. The van der Waals surface area contributed by atoms with Gasteiger partial charge in [0, 0.05) is 23.2 Å². The molecule has 6 nitrogen and oxygen atoms in total. The van der Waals surface area contributed by atoms with Gasteiger partial charge in [0.1, 0.15) is 5.69 Å². The number of hydrogen-bond donors (Lipinski definition) is 2. The largest absolute Gasteiger partial charge is 0.393 e. The van der Waals surface area contributed by atoms with Gasteiger partial charge in [0.2, 0.25) is 0 Å². The molecular formula is C15H14ClN3O3. The smallest absolute Gasteiger partial charge is 0.292 e. The van der Waals surface area contributed by atoms with Crippen LogP contribution in [0.1, 0.15) is 15.9 Å². The summed E-state index contributed by atoms with van der Waals surface area (Å²) >= 11 is 5.88. The number of nitro benzene ring substituents is 1. The summed E-state index contributed by atoms with van der Waals surface area (Å²) in [5.74, 6) is -0.384. The quantitative estimate of drug-likeness (QED) is 0.503. The number of anilines is 1. The van der Waals surface area contributed by atoms with Crippen molar-refractivity contribution in [3.8, 4) is 0 Å². The van der Waals surface area contributed by atoms with Crippen molar-refractivity contribution in [1.82, 2.24) is 5.32 Å². The minimum Gasteiger partial charge on any atom is -0.393 e. The van der Waals surface area contributed by atoms with Gasteiger partial charge >= 0.3 is 0 Å². The van der Waals surface area contributed by atoms with E-state index in [0.29, 0.717) is 18.0 Å². The van der Waals surface area contributed by atoms with Crippen molar-refractivity contribution in [1.29, 1.82) is 0 Å². The number of nitrogens with one attached hydrogen (secondary N) is 1. The Morgan fingerprint density at radius 3 is 2.73 bits per heavy atom. The van der Waals surface area contributed by atoms with Gasteiger partial charge in [-0.05, 0) is 36.2 Å². The van der Waals surface area contributed by atoms with Crippen molar-refractivity contribution >= 4 is 28.9 Å². The molecule has 0 aliphatic rings. The number of carbonyl (C=O) groups excluding carboxylic acids is 1. The van der Waals surface area contributed by atoms with Crippen LogP contribution in [0.2, 0.25) is 5.02 Å². The van der Waals surface area contributed by atoms with Gasteiger partial charge in [-0.15, -0.1) is 0 Å². The first-order chi connectivity index (χ1) is 10.5. The average Bonchev–Trinajstić information content (AvgIpc) is 2.47. The average molecular weight is 320 g/mol. The summed E-state index contributed by atoms with van der Waals surface area (Å²) in [5.41, 5.74) is 6.44. The van der Waals surface area contributed by atoms with E-state index in [1.54, 1.807) is 6.07 Å². The van der Waals surface area contributed by atoms with Gasteiger partial charge in [-0.2, -0.15) is 0 Å². The van der Waals surface area contributed by atoms with Gasteiger partial charge in [0.05, 0.1) is 4.92 Å². The second-order valence-electron chi connectivity index (χ2n) is 4.67. The summed E-state index contributed by atoms with van der Waals surface area (Å²) in [6, 6.07) is 11.3. The second-order valence-corrected chi connectivity index (χ2v) is 5.10. The normalized spacial score (nSPS) is 10.2. The lowest BCUT2D eigenvalue weighted by Crippen LogP contribution is -2.25. The summed E-state index contributed by atoms with van der Waals surface area (Å²) in [6.45, 7) is 0.400. The maximum Gasteiger partial charge on any atom is 0.292 e. The fraction of sp³-hybridized carbons (Fsp3) is 0.133. The third-order valence-electron chi connectivity index (χ3n) is 3.08. The van der Waals surface area contributed by atoms with E-state index in [9.17, 15) is 14.9 Å². The van der Waals surface area contributed by atoms with Crippen molar-refractivity contribution in [3.05, 3.63) is 68.7 Å². The summed E-state index contributed by atoms with van der Waals surface area (Å²) in [5, 5.41) is 14.2. The molecule has 2 aromatic rings. The Balaban J connectivity index is 1.98. The van der Waals surface area contributed by atoms with E-state index in [0.717, 1.165) is 5.56 Å². The molecule has 0 fully saturated rings. The molecule has 0 heterocycles. The van der Waals surface area contributed by atoms with E-state index in [1.165, 1.54) is 18.2 Å². The Hall–Kier alpha value is -2.60. The molecule has 1 amide bonds. The van der Waals surface area contributed by atoms with Crippen LogP contribution in [0.4, 0.5) is 11.4 Å². The molecule has 0 spiro atoms. The Labute approximate surface area is 132 Å². The predicted molar refractivity (Wildman–Crippen MR) is 85.0 cm³/mol. The summed E-state index contributed by atoms with van der Waals surface area (Å²) in [4.78, 5) is 22.2. The van der Waals surface area contributed by atoms with Crippen LogP contribution in [-0.4, -0.2) is 17.4 Å². The number of rotatable bonds is 5. The number of nitrogens with zero attached hydrogens (tertiary/aromatic N) is 1. The van der Waals surface area contributed by atoms with E-state index >= 15 is 0 Å². The minimum atomic E-state index is -0.613. The highest BCUT2D eigenvalue weighted by Gasteiger charge is 2.15. The van der Waals surface area contributed by atoms with Gasteiger partial charge in [0.15, 0.2) is 0 Å². The zero-order valence-electron chi connectivity index (χ0n) is 11.6. The fourth-order valence-electron chi connectivity index (χ4n) is 1.96. The molecule has 0 aliphatic carbocycles. The lowest BCUT2D eigenvalue weighted by Gasteiger charge is -2.06. The monoisotopic (exact) mass is 319 g/mol. The summed E-state index contributed by atoms with van der Waals surface area (Å²) in [6.07, 6.45) is 0.614. The molecular weight excluding hydrogens is 306 g/mol. The second kappa shape index (κ2) is 6.91. The molecule has 0 saturated carbocycles. The number of halogens is 1. The van der Waals surface area contributed by atoms with E-state index in [-0.39, 0.29) is 22.8 Å². The lowest BCUT2D eigenvalue weighted by molar-refractivity contribution is -0.383. The van der Waals surface area contributed by atoms with Crippen LogP contribution in [0.5, 0.6) is 0 Å². The molecule has 0 aromatic heterocycles. The van der Waals surface area contributed by atoms with Gasteiger partial charge in [-0.25, -0.2) is 0 Å². The zero-order chi connectivity index (χ0) is 16.1. The van der Waals surface area contributed by atoms with Crippen LogP contribution in [0.3, 0.4) is 0 Å². The molecule has 22 heavy (non-hydrogen) atoms. The lowest BCUT2D eigenvalue weighted by atomic mass is 10.1. The van der Waals surface area contributed by atoms with Gasteiger partial charge in [-0.3, -0.25) is 14.9 Å². The van der Waals surface area contributed by atoms with Crippen molar-refractivity contribution in [2.45, 2.75) is 6.42 Å². The van der Waals surface area contributed by atoms with Gasteiger partial charge < -0.3 is 11.1 Å². The maximum atomic E-state index is 12.0. The first-order valence-electron chi connectivity index (χ1n) is 6.54. The Morgan fingerprint density at radius 2 is 2.05 bits per heavy atom. The van der Waals surface area contributed by atoms with E-state index < -0.39 is 4.92 Å². The summed E-state index contributed by atoms with van der Waals surface area (Å²) in [7, 11) is 0. The third-order valence-corrected chi connectivity index (χ3v) is 3.31. The molecule has 0 aliphatic heterocycles. The molecule has 0 saturated heterocycles. The molecule has 0 atom stereocenters. The van der Waals surface area contributed by atoms with Gasteiger partial charge in [0.25, 0.3) is 11.6 Å². The molecule has 0 radical (unpaired) electrons. The molecule has 7 heteroatoms. The number of amides is 1. The van der Waals surface area contributed by atoms with Crippen LogP contribution < -0.4 is 11.1 Å². The Morgan fingerprint density at radius 1 is 1.27 bits per heavy atom. The molecule has 3 N–H and O–H groups in total. The predicted octanol–water partition coefficient (Wildman–Crippen LogP) is 2.80. The molecule has 0 bridgehead atoms. The van der Waals surface area contributed by atoms with Crippen molar-refractivity contribution in [3.63, 3.8) is 0 Å². The van der Waals surface area contributed by atoms with Crippen LogP contribution in [0, 0.1) is 10.1 Å². The maximum absolute atomic E-state index is 12.0. The number of carbonyl (C=O) groups is 1. The standard InChI is InChI=1S/C15H14ClN3O3/c16-12-3-1-2-10(8-12)6-7-18-15(20)11-4-5-13(17)14(9-11)19(21)22/h1-5,8-9H,6-7,17H2,(H,18,20). The van der Waals surface area contributed by atoms with E-state index in [4.69, 9.17) is 17.3 Å². The number of benzene rings is 2. The SMILES string of the molecule is Nc1ccc(C(=O)NCCc2cccc(Cl)c2)cc1[N+](=O)[O-]. The van der Waals surface area contributed by atoms with Gasteiger partial charge in [-0.1, -0.05) is 23.7 Å². The Kier molecular flexibility index (Phi) is 4.95. The third kappa shape index (κ3) is 3.95. The molecule has 0 unspecified atom stereocenters. The van der Waals surface area contributed by atoms with Crippen molar-refractivity contribution in [2.24, 2.45) is 0 Å². The highest BCUT2D eigenvalue weighted by molar-refractivity contribution is 6.30. The number of nitrogen functional groups attached to an aromatic ring is 1. The minimum absolute atomic E-state index is 0.0282. The van der Waals surface area contributed by atoms with E-state index in [2.05, 4.69) is 5.32 Å². The van der Waals surface area contributed by atoms with Crippen LogP contribution in [0.25, 0.3) is 0 Å². The molecule has 114 valence electrons. The van der Waals surface area contributed by atoms with Crippen molar-refractivity contribution in [2.75, 3.05) is 12.3 Å². The number of nitrogens with two attached hydrogens (primary N) is 1. The summed E-state index contributed by atoms with van der Waals surface area (Å²) < 4.78 is 0. The van der Waals surface area contributed by atoms with Crippen LogP contribution >= 0.6 is 11.6 Å². The number of nitro groups is 1. The van der Waals surface area contributed by atoms with E-state index in [1.807, 2.05) is 18.2 Å².